The summed E-state index contributed by atoms with van der Waals surface area (Å²) in [4.78, 5) is 2.12. The number of rotatable bonds is 5. The summed E-state index contributed by atoms with van der Waals surface area (Å²) in [5, 5.41) is 1.17. The molecule has 1 aliphatic heterocycles. The first-order valence-corrected chi connectivity index (χ1v) is 11.9. The number of likely N-dealkylation sites (N-methyl/N-ethyl adjacent to an activating group) is 1. The quantitative estimate of drug-likeness (QED) is 0.518. The number of fused-ring (bicyclic) bond motifs is 5. The molecular weight excluding hydrogens is 403 g/mol. The Kier molecular flexibility index (Phi) is 6.20. The van der Waals surface area contributed by atoms with Gasteiger partial charge in [-0.1, -0.05) is 43.2 Å². The Morgan fingerprint density at radius 2 is 1.84 bits per heavy atom. The molecule has 5 rings (SSSR count). The third-order valence-corrected chi connectivity index (χ3v) is 6.91. The summed E-state index contributed by atoms with van der Waals surface area (Å²) in [6.45, 7) is 2.71. The average molecular weight is 437 g/mol. The maximum atomic E-state index is 15.3. The summed E-state index contributed by atoms with van der Waals surface area (Å²) in [5.74, 6) is 0.774. The van der Waals surface area contributed by atoms with Crippen molar-refractivity contribution in [1.82, 2.24) is 9.47 Å². The first kappa shape index (κ1) is 21.5. The summed E-state index contributed by atoms with van der Waals surface area (Å²) >= 11 is 0. The van der Waals surface area contributed by atoms with E-state index in [2.05, 4.69) is 60.0 Å². The lowest BCUT2D eigenvalue weighted by molar-refractivity contribution is 0.00421. The fourth-order valence-electron chi connectivity index (χ4n) is 5.33. The summed E-state index contributed by atoms with van der Waals surface area (Å²) in [7, 11) is 4.10. The van der Waals surface area contributed by atoms with Crippen molar-refractivity contribution in [3.63, 3.8) is 0 Å². The fourth-order valence-corrected chi connectivity index (χ4v) is 5.33. The van der Waals surface area contributed by atoms with Gasteiger partial charge in [0.2, 0.25) is 0 Å². The second kappa shape index (κ2) is 9.24. The highest BCUT2D eigenvalue weighted by atomic mass is 19.1. The number of halogens is 1. The van der Waals surface area contributed by atoms with Gasteiger partial charge in [-0.2, -0.15) is 0 Å². The van der Waals surface area contributed by atoms with Crippen LogP contribution in [0.1, 0.15) is 37.2 Å². The minimum Gasteiger partial charge on any atom is -0.490 e. The van der Waals surface area contributed by atoms with Crippen LogP contribution in [-0.4, -0.2) is 55.6 Å². The fraction of sp³-hybridized carbons (Fsp3) is 0.481. The highest BCUT2D eigenvalue weighted by molar-refractivity contribution is 5.93. The van der Waals surface area contributed by atoms with Gasteiger partial charge in [-0.25, -0.2) is 4.39 Å². The number of aromatic nitrogens is 1. The van der Waals surface area contributed by atoms with Crippen molar-refractivity contribution in [2.45, 2.75) is 50.4 Å². The monoisotopic (exact) mass is 436 g/mol. The van der Waals surface area contributed by atoms with E-state index in [0.29, 0.717) is 26.2 Å². The number of nitrogens with zero attached hydrogens (tertiary/aromatic N) is 2. The predicted molar refractivity (Wildman–Crippen MR) is 127 cm³/mol. The van der Waals surface area contributed by atoms with Crippen molar-refractivity contribution in [3.8, 4) is 17.0 Å². The van der Waals surface area contributed by atoms with Gasteiger partial charge in [0.25, 0.3) is 0 Å². The summed E-state index contributed by atoms with van der Waals surface area (Å²) in [5.41, 5.74) is 4.48. The number of hydrogen-bond acceptors (Lipinski definition) is 3. The molecule has 0 spiro atoms. The van der Waals surface area contributed by atoms with Crippen molar-refractivity contribution >= 4 is 10.9 Å². The molecule has 0 unspecified atom stereocenters. The third kappa shape index (κ3) is 4.04. The normalized spacial score (nSPS) is 23.3. The molecule has 1 aromatic heterocycles. The van der Waals surface area contributed by atoms with E-state index in [9.17, 15) is 0 Å². The molecule has 170 valence electrons. The molecule has 1 aliphatic carbocycles. The standard InChI is InChI=1S/C27H33FN2O2/c1-29(2)15-16-31-19-17-30-24-13-7-4-10-21(24)26(20-9-3-6-12-23(20)28)27(30)22-11-5-8-14-25(22)32-18-19/h4-5,7-8,10-11,13-14,19-20,23H,3,6,9,12,15-18H2,1-2H3/t19-,20-,23-/m1/s1. The topological polar surface area (TPSA) is 26.6 Å². The predicted octanol–water partition coefficient (Wildman–Crippen LogP) is 5.64. The maximum Gasteiger partial charge on any atom is 0.128 e. The molecule has 3 atom stereocenters. The second-order valence-corrected chi connectivity index (χ2v) is 9.40. The van der Waals surface area contributed by atoms with E-state index in [1.165, 1.54) is 5.39 Å². The third-order valence-electron chi connectivity index (χ3n) is 6.91. The first-order valence-electron chi connectivity index (χ1n) is 11.9. The molecule has 4 nitrogen and oxygen atoms in total. The van der Waals surface area contributed by atoms with Crippen LogP contribution in [0.25, 0.3) is 22.2 Å². The number of alkyl halides is 1. The number of benzene rings is 2. The minimum atomic E-state index is -0.801. The van der Waals surface area contributed by atoms with Gasteiger partial charge in [0, 0.05) is 28.9 Å². The Balaban J connectivity index is 1.67. The van der Waals surface area contributed by atoms with Crippen molar-refractivity contribution in [3.05, 3.63) is 54.1 Å². The van der Waals surface area contributed by atoms with E-state index in [4.69, 9.17) is 9.47 Å². The van der Waals surface area contributed by atoms with E-state index in [-0.39, 0.29) is 12.0 Å². The Hall–Kier alpha value is -2.37. The van der Waals surface area contributed by atoms with Crippen molar-refractivity contribution in [2.75, 3.05) is 33.9 Å². The van der Waals surface area contributed by atoms with Crippen molar-refractivity contribution in [2.24, 2.45) is 0 Å². The zero-order valence-corrected chi connectivity index (χ0v) is 19.1. The zero-order chi connectivity index (χ0) is 22.1. The van der Waals surface area contributed by atoms with E-state index >= 15 is 4.39 Å². The lowest BCUT2D eigenvalue weighted by Gasteiger charge is -2.29. The lowest BCUT2D eigenvalue weighted by Crippen LogP contribution is -2.31. The first-order chi connectivity index (χ1) is 15.6. The Morgan fingerprint density at radius 3 is 2.69 bits per heavy atom. The summed E-state index contributed by atoms with van der Waals surface area (Å²) in [6, 6.07) is 16.7. The number of hydrogen-bond donors (Lipinski definition) is 0. The Labute approximate surface area is 189 Å². The van der Waals surface area contributed by atoms with E-state index < -0.39 is 6.17 Å². The number of ether oxygens (including phenoxy) is 2. The second-order valence-electron chi connectivity index (χ2n) is 9.40. The minimum absolute atomic E-state index is 0.0711. The highest BCUT2D eigenvalue weighted by Gasteiger charge is 2.34. The van der Waals surface area contributed by atoms with Crippen molar-refractivity contribution in [1.29, 1.82) is 0 Å². The van der Waals surface area contributed by atoms with Crippen LogP contribution in [0.5, 0.6) is 5.75 Å². The molecular formula is C27H33FN2O2. The Morgan fingerprint density at radius 1 is 1.06 bits per heavy atom. The molecule has 2 aliphatic rings. The lowest BCUT2D eigenvalue weighted by atomic mass is 9.80. The van der Waals surface area contributed by atoms with Crippen LogP contribution in [0.2, 0.25) is 0 Å². The van der Waals surface area contributed by atoms with Gasteiger partial charge in [-0.05, 0) is 50.7 Å². The molecule has 32 heavy (non-hydrogen) atoms. The van der Waals surface area contributed by atoms with Crippen LogP contribution < -0.4 is 4.74 Å². The van der Waals surface area contributed by atoms with Crippen LogP contribution in [0, 0.1) is 0 Å². The van der Waals surface area contributed by atoms with Crippen LogP contribution in [0.4, 0.5) is 4.39 Å². The van der Waals surface area contributed by atoms with Gasteiger partial charge in [-0.15, -0.1) is 0 Å². The molecule has 0 N–H and O–H groups in total. The molecule has 2 heterocycles. The van der Waals surface area contributed by atoms with Gasteiger partial charge in [0.05, 0.1) is 18.8 Å². The Bertz CT molecular complexity index is 1080. The molecule has 0 amide bonds. The van der Waals surface area contributed by atoms with Gasteiger partial charge >= 0.3 is 0 Å². The largest absolute Gasteiger partial charge is 0.490 e. The van der Waals surface area contributed by atoms with Crippen LogP contribution in [0.15, 0.2) is 48.5 Å². The van der Waals surface area contributed by atoms with Crippen molar-refractivity contribution < 1.29 is 13.9 Å². The van der Waals surface area contributed by atoms with Crippen LogP contribution in [0.3, 0.4) is 0 Å². The molecule has 0 radical (unpaired) electrons. The van der Waals surface area contributed by atoms with E-state index in [1.807, 2.05) is 12.1 Å². The van der Waals surface area contributed by atoms with Gasteiger partial charge in [-0.3, -0.25) is 0 Å². The zero-order valence-electron chi connectivity index (χ0n) is 19.1. The maximum absolute atomic E-state index is 15.3. The van der Waals surface area contributed by atoms with E-state index in [0.717, 1.165) is 53.9 Å². The highest BCUT2D eigenvalue weighted by Crippen LogP contribution is 2.47. The number of para-hydroxylation sites is 2. The SMILES string of the molecule is CN(C)CCO[C@H]1COc2ccccc2-c2c([C@@H]3CCCC[C@H]3F)c3ccccc3n2C1. The summed E-state index contributed by atoms with van der Waals surface area (Å²) in [6.07, 6.45) is 2.74. The molecule has 3 aromatic rings. The smallest absolute Gasteiger partial charge is 0.128 e. The molecule has 2 aromatic carbocycles. The summed E-state index contributed by atoms with van der Waals surface area (Å²) < 4.78 is 30.2. The molecule has 1 saturated carbocycles. The van der Waals surface area contributed by atoms with Crippen LogP contribution >= 0.6 is 0 Å². The molecule has 0 saturated heterocycles. The van der Waals surface area contributed by atoms with Crippen LogP contribution in [-0.2, 0) is 11.3 Å². The molecule has 5 heteroatoms. The van der Waals surface area contributed by atoms with Gasteiger partial charge < -0.3 is 18.9 Å². The molecule has 1 fully saturated rings. The van der Waals surface area contributed by atoms with Gasteiger partial charge in [0.15, 0.2) is 0 Å². The van der Waals surface area contributed by atoms with Gasteiger partial charge in [0.1, 0.15) is 24.6 Å². The average Bonchev–Trinajstić information content (AvgIpc) is 3.09. The molecule has 0 bridgehead atoms. The van der Waals surface area contributed by atoms with E-state index in [1.54, 1.807) is 0 Å².